The highest BCUT2D eigenvalue weighted by molar-refractivity contribution is 6.36. The number of carbonyl (C=O) groups excluding carboxylic acids is 2. The van der Waals surface area contributed by atoms with Crippen LogP contribution in [-0.2, 0) is 9.59 Å². The van der Waals surface area contributed by atoms with E-state index >= 15 is 0 Å². The first-order valence-electron chi connectivity index (χ1n) is 4.99. The summed E-state index contributed by atoms with van der Waals surface area (Å²) in [4.78, 5) is 23.2. The zero-order valence-electron chi connectivity index (χ0n) is 8.69. The summed E-state index contributed by atoms with van der Waals surface area (Å²) in [5, 5.41) is 2.30. The zero-order chi connectivity index (χ0) is 11.5. The number of rotatable bonds is 3. The van der Waals surface area contributed by atoms with Crippen molar-refractivity contribution in [1.82, 2.24) is 5.32 Å². The maximum Gasteiger partial charge on any atom is 0.259 e. The van der Waals surface area contributed by atoms with Crippen molar-refractivity contribution in [3.8, 4) is 0 Å². The van der Waals surface area contributed by atoms with Crippen molar-refractivity contribution in [2.75, 3.05) is 0 Å². The van der Waals surface area contributed by atoms with Crippen LogP contribution in [0.4, 0.5) is 0 Å². The normalized spacial score (nSPS) is 15.2. The first kappa shape index (κ1) is 10.4. The quantitative estimate of drug-likeness (QED) is 0.613. The summed E-state index contributed by atoms with van der Waals surface area (Å²) in [5.74, 6) is -0.642. The molecule has 2 amide bonds. The van der Waals surface area contributed by atoms with Crippen LogP contribution in [0.5, 0.6) is 0 Å². The lowest BCUT2D eigenvalue weighted by molar-refractivity contribution is -0.123. The van der Waals surface area contributed by atoms with Crippen LogP contribution in [0, 0.1) is 0 Å². The van der Waals surface area contributed by atoms with Crippen LogP contribution in [0.15, 0.2) is 48.6 Å². The van der Waals surface area contributed by atoms with Crippen LogP contribution in [0.3, 0.4) is 0 Å². The third-order valence-corrected chi connectivity index (χ3v) is 2.44. The number of amides is 2. The van der Waals surface area contributed by atoms with E-state index in [-0.39, 0.29) is 11.8 Å². The molecule has 0 saturated carbocycles. The van der Waals surface area contributed by atoms with Gasteiger partial charge in [0, 0.05) is 5.57 Å². The minimum atomic E-state index is -0.326. The summed E-state index contributed by atoms with van der Waals surface area (Å²) in [6, 6.07) is 9.17. The van der Waals surface area contributed by atoms with E-state index in [9.17, 15) is 9.59 Å². The van der Waals surface area contributed by atoms with E-state index in [2.05, 4.69) is 11.9 Å². The number of hydrogen-bond acceptors (Lipinski definition) is 2. The molecule has 1 aromatic rings. The van der Waals surface area contributed by atoms with E-state index in [1.807, 2.05) is 30.3 Å². The number of imide groups is 1. The summed E-state index contributed by atoms with van der Waals surface area (Å²) in [5.41, 5.74) is 1.72. The molecule has 0 spiro atoms. The molecule has 1 aliphatic rings. The first-order valence-corrected chi connectivity index (χ1v) is 4.99. The summed E-state index contributed by atoms with van der Waals surface area (Å²) in [6.07, 6.45) is 2.03. The van der Waals surface area contributed by atoms with Crippen molar-refractivity contribution in [3.63, 3.8) is 0 Å². The van der Waals surface area contributed by atoms with Crippen molar-refractivity contribution >= 4 is 17.4 Å². The van der Waals surface area contributed by atoms with Crippen molar-refractivity contribution in [1.29, 1.82) is 0 Å². The Morgan fingerprint density at radius 3 is 2.44 bits per heavy atom. The Hall–Kier alpha value is -2.16. The molecule has 0 atom stereocenters. The van der Waals surface area contributed by atoms with Crippen molar-refractivity contribution in [2.24, 2.45) is 0 Å². The lowest BCUT2D eigenvalue weighted by Crippen LogP contribution is -2.22. The molecule has 0 saturated heterocycles. The predicted molar refractivity (Wildman–Crippen MR) is 61.3 cm³/mol. The molecule has 16 heavy (non-hydrogen) atoms. The van der Waals surface area contributed by atoms with Crippen LogP contribution in [-0.4, -0.2) is 11.8 Å². The summed E-state index contributed by atoms with van der Waals surface area (Å²) >= 11 is 0. The average Bonchev–Trinajstić information content (AvgIpc) is 2.56. The molecule has 0 fully saturated rings. The molecule has 3 nitrogen and oxygen atoms in total. The highest BCUT2D eigenvalue weighted by Crippen LogP contribution is 2.25. The van der Waals surface area contributed by atoms with Gasteiger partial charge in [-0.25, -0.2) is 0 Å². The molecule has 0 aromatic heterocycles. The molecular weight excluding hydrogens is 202 g/mol. The van der Waals surface area contributed by atoms with Gasteiger partial charge in [0.05, 0.1) is 5.57 Å². The van der Waals surface area contributed by atoms with Gasteiger partial charge in [-0.3, -0.25) is 14.9 Å². The Morgan fingerprint density at radius 1 is 1.12 bits per heavy atom. The molecule has 0 aliphatic carbocycles. The number of allylic oxidation sites excluding steroid dienone is 1. The van der Waals surface area contributed by atoms with Crippen LogP contribution in [0.1, 0.15) is 12.0 Å². The molecule has 1 N–H and O–H groups in total. The van der Waals surface area contributed by atoms with Crippen molar-refractivity contribution in [2.45, 2.75) is 6.42 Å². The van der Waals surface area contributed by atoms with Gasteiger partial charge < -0.3 is 0 Å². The van der Waals surface area contributed by atoms with Gasteiger partial charge in [0.25, 0.3) is 11.8 Å². The monoisotopic (exact) mass is 213 g/mol. The molecule has 1 heterocycles. The van der Waals surface area contributed by atoms with E-state index < -0.39 is 0 Å². The van der Waals surface area contributed by atoms with E-state index in [1.165, 1.54) is 0 Å². The van der Waals surface area contributed by atoms with Gasteiger partial charge in [0.15, 0.2) is 0 Å². The minimum Gasteiger partial charge on any atom is -0.288 e. The highest BCUT2D eigenvalue weighted by atomic mass is 16.2. The molecule has 2 rings (SSSR count). The topological polar surface area (TPSA) is 46.2 Å². The standard InChI is InChI=1S/C13H11NO2/c1-2-6-10-11(13(16)14-12(10)15)9-7-4-3-5-8-9/h2-5,7-8H,1,6H2,(H,14,15,16). The first-order chi connectivity index (χ1) is 7.74. The predicted octanol–water partition coefficient (Wildman–Crippen LogP) is 1.67. The third-order valence-electron chi connectivity index (χ3n) is 2.44. The van der Waals surface area contributed by atoms with Crippen molar-refractivity contribution < 1.29 is 9.59 Å². The number of carbonyl (C=O) groups is 2. The number of nitrogens with one attached hydrogen (secondary N) is 1. The Balaban J connectivity index is 2.54. The number of benzene rings is 1. The van der Waals surface area contributed by atoms with Crippen LogP contribution in [0.2, 0.25) is 0 Å². The second-order valence-corrected chi connectivity index (χ2v) is 3.50. The fraction of sp³-hybridized carbons (Fsp3) is 0.0769. The van der Waals surface area contributed by atoms with E-state index in [1.54, 1.807) is 6.08 Å². The Bertz CT molecular complexity index is 486. The fourth-order valence-corrected chi connectivity index (χ4v) is 1.74. The highest BCUT2D eigenvalue weighted by Gasteiger charge is 2.29. The molecule has 1 aliphatic heterocycles. The zero-order valence-corrected chi connectivity index (χ0v) is 8.69. The maximum atomic E-state index is 11.6. The van der Waals surface area contributed by atoms with Gasteiger partial charge in [-0.1, -0.05) is 36.4 Å². The van der Waals surface area contributed by atoms with Crippen LogP contribution in [0.25, 0.3) is 5.57 Å². The average molecular weight is 213 g/mol. The van der Waals surface area contributed by atoms with Gasteiger partial charge in [0.2, 0.25) is 0 Å². The molecule has 1 aromatic carbocycles. The molecular formula is C13H11NO2. The third kappa shape index (κ3) is 1.67. The molecule has 80 valence electrons. The smallest absolute Gasteiger partial charge is 0.259 e. The van der Waals surface area contributed by atoms with Gasteiger partial charge in [-0.05, 0) is 12.0 Å². The molecule has 0 radical (unpaired) electrons. The summed E-state index contributed by atoms with van der Waals surface area (Å²) in [6.45, 7) is 3.59. The minimum absolute atomic E-state index is 0.316. The molecule has 0 bridgehead atoms. The second kappa shape index (κ2) is 4.14. The van der Waals surface area contributed by atoms with Gasteiger partial charge >= 0.3 is 0 Å². The van der Waals surface area contributed by atoms with Crippen LogP contribution < -0.4 is 5.32 Å². The lowest BCUT2D eigenvalue weighted by atomic mass is 10.00. The Kier molecular flexibility index (Phi) is 2.68. The summed E-state index contributed by atoms with van der Waals surface area (Å²) < 4.78 is 0. The second-order valence-electron chi connectivity index (χ2n) is 3.50. The van der Waals surface area contributed by atoms with Crippen molar-refractivity contribution in [3.05, 3.63) is 54.1 Å². The Labute approximate surface area is 93.5 Å². The van der Waals surface area contributed by atoms with E-state index in [4.69, 9.17) is 0 Å². The maximum absolute atomic E-state index is 11.6. The fourth-order valence-electron chi connectivity index (χ4n) is 1.74. The van der Waals surface area contributed by atoms with Gasteiger partial charge in [-0.15, -0.1) is 6.58 Å². The van der Waals surface area contributed by atoms with Gasteiger partial charge in [-0.2, -0.15) is 0 Å². The Morgan fingerprint density at radius 2 is 1.81 bits per heavy atom. The molecule has 3 heteroatoms. The summed E-state index contributed by atoms with van der Waals surface area (Å²) in [7, 11) is 0. The van der Waals surface area contributed by atoms with Gasteiger partial charge in [0.1, 0.15) is 0 Å². The van der Waals surface area contributed by atoms with E-state index in [0.717, 1.165) is 5.56 Å². The lowest BCUT2D eigenvalue weighted by Gasteiger charge is -2.01. The molecule has 0 unspecified atom stereocenters. The SMILES string of the molecule is C=CCC1=C(c2ccccc2)C(=O)NC1=O. The largest absolute Gasteiger partial charge is 0.288 e. The number of hydrogen-bond donors (Lipinski definition) is 1. The van der Waals surface area contributed by atoms with Crippen LogP contribution >= 0.6 is 0 Å². The van der Waals surface area contributed by atoms with E-state index in [0.29, 0.717) is 17.6 Å².